The minimum absolute atomic E-state index is 0.321. The highest BCUT2D eigenvalue weighted by atomic mass is 35.5. The Hall–Kier alpha value is -0.620. The number of halogens is 1. The van der Waals surface area contributed by atoms with E-state index in [9.17, 15) is 8.42 Å². The standard InChI is InChI=1S/C11H15ClN2O2S/c1-13-6-8-14(9-7-13)17(15,16)11-4-2-10(12)3-5-11/h2-5H,6-9H2,1H3/p+1. The summed E-state index contributed by atoms with van der Waals surface area (Å²) in [6.45, 7) is 2.87. The summed E-state index contributed by atoms with van der Waals surface area (Å²) in [6, 6.07) is 6.33. The SMILES string of the molecule is C[NH+]1CCN(S(=O)(=O)c2ccc(Cl)cc2)CC1. The zero-order valence-electron chi connectivity index (χ0n) is 9.69. The lowest BCUT2D eigenvalue weighted by Crippen LogP contribution is -3.12. The van der Waals surface area contributed by atoms with E-state index in [0.717, 1.165) is 13.1 Å². The first-order chi connectivity index (χ1) is 8.00. The van der Waals surface area contributed by atoms with Gasteiger partial charge in [-0.25, -0.2) is 8.42 Å². The van der Waals surface area contributed by atoms with Crippen LogP contribution in [-0.2, 0) is 10.0 Å². The average Bonchev–Trinajstić information content (AvgIpc) is 2.30. The van der Waals surface area contributed by atoms with Gasteiger partial charge in [-0.3, -0.25) is 0 Å². The molecule has 0 aromatic heterocycles. The molecule has 0 saturated carbocycles. The molecule has 1 fully saturated rings. The van der Waals surface area contributed by atoms with Crippen LogP contribution < -0.4 is 4.90 Å². The molecule has 0 bridgehead atoms. The Morgan fingerprint density at radius 2 is 1.71 bits per heavy atom. The largest absolute Gasteiger partial charge is 0.335 e. The van der Waals surface area contributed by atoms with Crippen LogP contribution in [0.5, 0.6) is 0 Å². The third-order valence-electron chi connectivity index (χ3n) is 3.03. The van der Waals surface area contributed by atoms with Gasteiger partial charge in [0.2, 0.25) is 10.0 Å². The maximum absolute atomic E-state index is 12.3. The third kappa shape index (κ3) is 2.80. The zero-order chi connectivity index (χ0) is 12.5. The van der Waals surface area contributed by atoms with E-state index in [1.807, 2.05) is 0 Å². The van der Waals surface area contributed by atoms with Crippen molar-refractivity contribution in [1.29, 1.82) is 0 Å². The van der Waals surface area contributed by atoms with Gasteiger partial charge >= 0.3 is 0 Å². The molecule has 1 aliphatic rings. The highest BCUT2D eigenvalue weighted by Gasteiger charge is 2.28. The van der Waals surface area contributed by atoms with E-state index in [-0.39, 0.29) is 0 Å². The van der Waals surface area contributed by atoms with E-state index >= 15 is 0 Å². The maximum atomic E-state index is 12.3. The van der Waals surface area contributed by atoms with Crippen LogP contribution in [0.15, 0.2) is 29.2 Å². The Balaban J connectivity index is 2.21. The molecule has 1 saturated heterocycles. The summed E-state index contributed by atoms with van der Waals surface area (Å²) in [5.41, 5.74) is 0. The molecule has 0 amide bonds. The number of quaternary nitrogens is 1. The maximum Gasteiger partial charge on any atom is 0.243 e. The van der Waals surface area contributed by atoms with Crippen LogP contribution in [0.2, 0.25) is 5.02 Å². The van der Waals surface area contributed by atoms with Crippen LogP contribution in [0.3, 0.4) is 0 Å². The Labute approximate surface area is 107 Å². The molecule has 0 radical (unpaired) electrons. The lowest BCUT2D eigenvalue weighted by atomic mass is 10.4. The molecule has 0 spiro atoms. The zero-order valence-corrected chi connectivity index (χ0v) is 11.3. The van der Waals surface area contributed by atoms with Crippen molar-refractivity contribution in [2.75, 3.05) is 33.2 Å². The fraction of sp³-hybridized carbons (Fsp3) is 0.455. The van der Waals surface area contributed by atoms with E-state index in [4.69, 9.17) is 11.6 Å². The average molecular weight is 276 g/mol. The second kappa shape index (κ2) is 4.94. The van der Waals surface area contributed by atoms with Crippen LogP contribution in [0.1, 0.15) is 0 Å². The lowest BCUT2D eigenvalue weighted by molar-refractivity contribution is -0.883. The summed E-state index contributed by atoms with van der Waals surface area (Å²) in [6.07, 6.45) is 0. The van der Waals surface area contributed by atoms with Gasteiger partial charge in [0.1, 0.15) is 0 Å². The van der Waals surface area contributed by atoms with Crippen molar-refractivity contribution in [3.63, 3.8) is 0 Å². The molecule has 1 aromatic carbocycles. The van der Waals surface area contributed by atoms with Crippen molar-refractivity contribution in [3.8, 4) is 0 Å². The number of likely N-dealkylation sites (N-methyl/N-ethyl adjacent to an activating group) is 1. The van der Waals surface area contributed by atoms with E-state index < -0.39 is 10.0 Å². The first-order valence-electron chi connectivity index (χ1n) is 5.57. The van der Waals surface area contributed by atoms with Crippen molar-refractivity contribution in [2.24, 2.45) is 0 Å². The number of piperazine rings is 1. The van der Waals surface area contributed by atoms with Gasteiger partial charge < -0.3 is 4.90 Å². The van der Waals surface area contributed by atoms with Crippen LogP contribution in [-0.4, -0.2) is 45.9 Å². The molecule has 0 unspecified atom stereocenters. The molecule has 1 heterocycles. The summed E-state index contributed by atoms with van der Waals surface area (Å²) in [7, 11) is -1.27. The number of hydrogen-bond donors (Lipinski definition) is 1. The second-order valence-corrected chi connectivity index (χ2v) is 6.69. The number of nitrogens with zero attached hydrogens (tertiary/aromatic N) is 1. The molecule has 0 atom stereocenters. The van der Waals surface area contributed by atoms with Gasteiger partial charge in [-0.1, -0.05) is 11.6 Å². The van der Waals surface area contributed by atoms with E-state index in [2.05, 4.69) is 7.05 Å². The molecule has 6 heteroatoms. The minimum Gasteiger partial charge on any atom is -0.335 e. The fourth-order valence-electron chi connectivity index (χ4n) is 1.86. The number of rotatable bonds is 2. The number of benzene rings is 1. The number of hydrogen-bond acceptors (Lipinski definition) is 2. The lowest BCUT2D eigenvalue weighted by Gasteiger charge is -2.29. The fourth-order valence-corrected chi connectivity index (χ4v) is 3.43. The van der Waals surface area contributed by atoms with Crippen molar-refractivity contribution in [3.05, 3.63) is 29.3 Å². The van der Waals surface area contributed by atoms with Crippen LogP contribution >= 0.6 is 11.6 Å². The van der Waals surface area contributed by atoms with Crippen LogP contribution in [0.25, 0.3) is 0 Å². The normalized spacial score (nSPS) is 19.4. The predicted molar refractivity (Wildman–Crippen MR) is 66.8 cm³/mol. The number of sulfonamides is 1. The second-order valence-electron chi connectivity index (χ2n) is 4.32. The van der Waals surface area contributed by atoms with Crippen LogP contribution in [0, 0.1) is 0 Å². The Kier molecular flexibility index (Phi) is 3.73. The molecule has 2 rings (SSSR count). The first kappa shape index (κ1) is 12.8. The smallest absolute Gasteiger partial charge is 0.243 e. The van der Waals surface area contributed by atoms with Gasteiger partial charge in [0.05, 0.1) is 38.1 Å². The molecule has 1 aromatic rings. The van der Waals surface area contributed by atoms with Crippen molar-refractivity contribution >= 4 is 21.6 Å². The molecular formula is C11H16ClN2O2S+. The Bertz CT molecular complexity index is 479. The Morgan fingerprint density at radius 3 is 2.24 bits per heavy atom. The molecule has 0 aliphatic carbocycles. The molecule has 1 aliphatic heterocycles. The van der Waals surface area contributed by atoms with Gasteiger partial charge in [0, 0.05) is 5.02 Å². The third-order valence-corrected chi connectivity index (χ3v) is 5.19. The molecular weight excluding hydrogens is 260 g/mol. The predicted octanol–water partition coefficient (Wildman–Crippen LogP) is -0.141. The summed E-state index contributed by atoms with van der Waals surface area (Å²) >= 11 is 5.75. The highest BCUT2D eigenvalue weighted by molar-refractivity contribution is 7.89. The van der Waals surface area contributed by atoms with E-state index in [1.165, 1.54) is 4.90 Å². The summed E-state index contributed by atoms with van der Waals surface area (Å²) in [5.74, 6) is 0. The van der Waals surface area contributed by atoms with E-state index in [0.29, 0.717) is 23.0 Å². The topological polar surface area (TPSA) is 41.8 Å². The van der Waals surface area contributed by atoms with Gasteiger partial charge in [0.15, 0.2) is 0 Å². The first-order valence-corrected chi connectivity index (χ1v) is 7.39. The van der Waals surface area contributed by atoms with Crippen molar-refractivity contribution < 1.29 is 13.3 Å². The van der Waals surface area contributed by atoms with Crippen molar-refractivity contribution in [2.45, 2.75) is 4.90 Å². The molecule has 4 nitrogen and oxygen atoms in total. The monoisotopic (exact) mass is 275 g/mol. The minimum atomic E-state index is -3.34. The Morgan fingerprint density at radius 1 is 1.18 bits per heavy atom. The van der Waals surface area contributed by atoms with Crippen LogP contribution in [0.4, 0.5) is 0 Å². The van der Waals surface area contributed by atoms with Gasteiger partial charge in [-0.15, -0.1) is 0 Å². The van der Waals surface area contributed by atoms with E-state index in [1.54, 1.807) is 28.6 Å². The van der Waals surface area contributed by atoms with Crippen molar-refractivity contribution in [1.82, 2.24) is 4.31 Å². The van der Waals surface area contributed by atoms with Gasteiger partial charge in [0.25, 0.3) is 0 Å². The summed E-state index contributed by atoms with van der Waals surface area (Å²) < 4.78 is 26.1. The molecule has 17 heavy (non-hydrogen) atoms. The number of nitrogens with one attached hydrogen (secondary N) is 1. The van der Waals surface area contributed by atoms with Gasteiger partial charge in [-0.2, -0.15) is 4.31 Å². The molecule has 94 valence electrons. The summed E-state index contributed by atoms with van der Waals surface area (Å²) in [5, 5.41) is 0.548. The summed E-state index contributed by atoms with van der Waals surface area (Å²) in [4.78, 5) is 1.69. The highest BCUT2D eigenvalue weighted by Crippen LogP contribution is 2.18. The van der Waals surface area contributed by atoms with Gasteiger partial charge in [-0.05, 0) is 24.3 Å². The quantitative estimate of drug-likeness (QED) is 0.816. The molecule has 1 N–H and O–H groups in total.